The SMILES string of the molecule is COc1ccc(C(=O)Nc2ccc(C(C)(C)C(N)CC(C)=O)cc2)cc1OC. The van der Waals surface area contributed by atoms with Gasteiger partial charge in [0.05, 0.1) is 14.2 Å². The first-order valence-corrected chi connectivity index (χ1v) is 9.08. The van der Waals surface area contributed by atoms with Gasteiger partial charge in [-0.2, -0.15) is 0 Å². The van der Waals surface area contributed by atoms with E-state index < -0.39 is 0 Å². The van der Waals surface area contributed by atoms with Gasteiger partial charge in [-0.05, 0) is 42.8 Å². The van der Waals surface area contributed by atoms with Gasteiger partial charge in [0.2, 0.25) is 0 Å². The van der Waals surface area contributed by atoms with Gasteiger partial charge in [-0.1, -0.05) is 26.0 Å². The minimum Gasteiger partial charge on any atom is -0.493 e. The Morgan fingerprint density at radius 2 is 1.64 bits per heavy atom. The van der Waals surface area contributed by atoms with Crippen molar-refractivity contribution >= 4 is 17.4 Å². The molecule has 2 aromatic carbocycles. The van der Waals surface area contributed by atoms with Crippen LogP contribution in [0.25, 0.3) is 0 Å². The molecular formula is C22H28N2O4. The highest BCUT2D eigenvalue weighted by molar-refractivity contribution is 6.04. The second-order valence-corrected chi connectivity index (χ2v) is 7.34. The molecule has 1 amide bonds. The lowest BCUT2D eigenvalue weighted by Gasteiger charge is -2.32. The number of Topliss-reactive ketones (excluding diaryl/α,β-unsaturated/α-hetero) is 1. The number of benzene rings is 2. The Morgan fingerprint density at radius 3 is 2.18 bits per heavy atom. The minimum absolute atomic E-state index is 0.0689. The quantitative estimate of drug-likeness (QED) is 0.726. The molecule has 1 unspecified atom stereocenters. The van der Waals surface area contributed by atoms with Gasteiger partial charge in [0.1, 0.15) is 5.78 Å². The van der Waals surface area contributed by atoms with E-state index in [1.807, 2.05) is 38.1 Å². The zero-order valence-corrected chi connectivity index (χ0v) is 17.0. The normalized spacial score (nSPS) is 12.2. The Balaban J connectivity index is 2.14. The van der Waals surface area contributed by atoms with Crippen LogP contribution >= 0.6 is 0 Å². The zero-order chi connectivity index (χ0) is 20.9. The van der Waals surface area contributed by atoms with Crippen molar-refractivity contribution in [1.29, 1.82) is 0 Å². The van der Waals surface area contributed by atoms with Crippen molar-refractivity contribution in [1.82, 2.24) is 0 Å². The fourth-order valence-corrected chi connectivity index (χ4v) is 2.94. The van der Waals surface area contributed by atoms with Crippen LogP contribution in [-0.4, -0.2) is 32.0 Å². The average Bonchev–Trinajstić information content (AvgIpc) is 2.67. The summed E-state index contributed by atoms with van der Waals surface area (Å²) >= 11 is 0. The number of hydrogen-bond acceptors (Lipinski definition) is 5. The van der Waals surface area contributed by atoms with Gasteiger partial charge in [0.25, 0.3) is 5.91 Å². The second kappa shape index (κ2) is 8.89. The molecule has 0 bridgehead atoms. The van der Waals surface area contributed by atoms with Gasteiger partial charge < -0.3 is 20.5 Å². The molecule has 2 aromatic rings. The van der Waals surface area contributed by atoms with Crippen LogP contribution < -0.4 is 20.5 Å². The number of methoxy groups -OCH3 is 2. The average molecular weight is 384 g/mol. The van der Waals surface area contributed by atoms with Crippen LogP contribution in [0.4, 0.5) is 5.69 Å². The van der Waals surface area contributed by atoms with E-state index in [4.69, 9.17) is 15.2 Å². The van der Waals surface area contributed by atoms with Crippen LogP contribution in [0.15, 0.2) is 42.5 Å². The lowest BCUT2D eigenvalue weighted by molar-refractivity contribution is -0.117. The Hall–Kier alpha value is -2.86. The van der Waals surface area contributed by atoms with E-state index >= 15 is 0 Å². The van der Waals surface area contributed by atoms with E-state index in [0.29, 0.717) is 29.2 Å². The predicted molar refractivity (Wildman–Crippen MR) is 110 cm³/mol. The summed E-state index contributed by atoms with van der Waals surface area (Å²) in [4.78, 5) is 23.9. The number of ketones is 1. The molecule has 28 heavy (non-hydrogen) atoms. The summed E-state index contributed by atoms with van der Waals surface area (Å²) in [5, 5.41) is 2.87. The topological polar surface area (TPSA) is 90.6 Å². The Labute approximate surface area is 166 Å². The molecule has 2 rings (SSSR count). The molecule has 0 saturated carbocycles. The molecule has 6 nitrogen and oxygen atoms in total. The van der Waals surface area contributed by atoms with Crippen LogP contribution in [0.2, 0.25) is 0 Å². The van der Waals surface area contributed by atoms with E-state index in [1.54, 1.807) is 32.2 Å². The highest BCUT2D eigenvalue weighted by atomic mass is 16.5. The Kier molecular flexibility index (Phi) is 6.80. The second-order valence-electron chi connectivity index (χ2n) is 7.34. The van der Waals surface area contributed by atoms with Gasteiger partial charge in [-0.3, -0.25) is 9.59 Å². The van der Waals surface area contributed by atoms with Crippen LogP contribution in [0.1, 0.15) is 43.1 Å². The highest BCUT2D eigenvalue weighted by Crippen LogP contribution is 2.30. The molecule has 0 spiro atoms. The fourth-order valence-electron chi connectivity index (χ4n) is 2.94. The van der Waals surface area contributed by atoms with Gasteiger partial charge in [-0.15, -0.1) is 0 Å². The first kappa shape index (κ1) is 21.4. The summed E-state index contributed by atoms with van der Waals surface area (Å²) in [5.41, 5.74) is 7.99. The van der Waals surface area contributed by atoms with Gasteiger partial charge in [-0.25, -0.2) is 0 Å². The molecule has 0 heterocycles. The van der Waals surface area contributed by atoms with Crippen LogP contribution in [0.3, 0.4) is 0 Å². The van der Waals surface area contributed by atoms with Crippen molar-refractivity contribution < 1.29 is 19.1 Å². The fraction of sp³-hybridized carbons (Fsp3) is 0.364. The van der Waals surface area contributed by atoms with Crippen molar-refractivity contribution in [3.8, 4) is 11.5 Å². The largest absolute Gasteiger partial charge is 0.493 e. The van der Waals surface area contributed by atoms with Gasteiger partial charge in [0, 0.05) is 29.1 Å². The predicted octanol–water partition coefficient (Wildman–Crippen LogP) is 3.54. The molecular weight excluding hydrogens is 356 g/mol. The van der Waals surface area contributed by atoms with E-state index in [-0.39, 0.29) is 23.1 Å². The van der Waals surface area contributed by atoms with Crippen molar-refractivity contribution in [3.05, 3.63) is 53.6 Å². The maximum atomic E-state index is 12.5. The number of nitrogens with one attached hydrogen (secondary N) is 1. The molecule has 0 fully saturated rings. The van der Waals surface area contributed by atoms with E-state index in [0.717, 1.165) is 5.56 Å². The van der Waals surface area contributed by atoms with Gasteiger partial charge >= 0.3 is 0 Å². The number of hydrogen-bond donors (Lipinski definition) is 2. The summed E-state index contributed by atoms with van der Waals surface area (Å²) in [6.07, 6.45) is 0.324. The number of nitrogens with two attached hydrogens (primary N) is 1. The van der Waals surface area contributed by atoms with E-state index in [1.165, 1.54) is 7.11 Å². The number of amides is 1. The molecule has 0 aliphatic rings. The number of carbonyl (C=O) groups excluding carboxylic acids is 2. The summed E-state index contributed by atoms with van der Waals surface area (Å²) in [7, 11) is 3.07. The molecule has 3 N–H and O–H groups in total. The minimum atomic E-state index is -0.364. The lowest BCUT2D eigenvalue weighted by atomic mass is 9.76. The van der Waals surface area contributed by atoms with Crippen LogP contribution in [0, 0.1) is 0 Å². The standard InChI is InChI=1S/C22H28N2O4/c1-14(25)12-20(23)22(2,3)16-7-9-17(10-8-16)24-21(26)15-6-11-18(27-4)19(13-15)28-5/h6-11,13,20H,12,23H2,1-5H3,(H,24,26). The van der Waals surface area contributed by atoms with Crippen molar-refractivity contribution in [2.24, 2.45) is 5.73 Å². The van der Waals surface area contributed by atoms with Crippen LogP contribution in [0.5, 0.6) is 11.5 Å². The first-order chi connectivity index (χ1) is 13.2. The van der Waals surface area contributed by atoms with E-state index in [9.17, 15) is 9.59 Å². The van der Waals surface area contributed by atoms with Crippen molar-refractivity contribution in [3.63, 3.8) is 0 Å². The summed E-state index contributed by atoms with van der Waals surface area (Å²) in [5.74, 6) is 0.875. The smallest absolute Gasteiger partial charge is 0.255 e. The molecule has 0 aromatic heterocycles. The molecule has 1 atom stereocenters. The molecule has 0 aliphatic heterocycles. The zero-order valence-electron chi connectivity index (χ0n) is 17.0. The monoisotopic (exact) mass is 384 g/mol. The van der Waals surface area contributed by atoms with Gasteiger partial charge in [0.15, 0.2) is 11.5 Å². The number of ether oxygens (including phenoxy) is 2. The third-order valence-electron chi connectivity index (χ3n) is 4.97. The van der Waals surface area contributed by atoms with Crippen LogP contribution in [-0.2, 0) is 10.2 Å². The Bertz CT molecular complexity index is 844. The van der Waals surface area contributed by atoms with E-state index in [2.05, 4.69) is 5.32 Å². The third-order valence-corrected chi connectivity index (χ3v) is 4.97. The Morgan fingerprint density at radius 1 is 1.04 bits per heavy atom. The number of carbonyl (C=O) groups is 2. The maximum Gasteiger partial charge on any atom is 0.255 e. The summed E-state index contributed by atoms with van der Waals surface area (Å²) < 4.78 is 10.4. The third kappa shape index (κ3) is 4.89. The summed E-state index contributed by atoms with van der Waals surface area (Å²) in [6, 6.07) is 12.2. The maximum absolute atomic E-state index is 12.5. The molecule has 0 saturated heterocycles. The molecule has 0 aliphatic carbocycles. The molecule has 6 heteroatoms. The number of rotatable bonds is 8. The summed E-state index contributed by atoms with van der Waals surface area (Å²) in [6.45, 7) is 5.57. The molecule has 150 valence electrons. The highest BCUT2D eigenvalue weighted by Gasteiger charge is 2.29. The first-order valence-electron chi connectivity index (χ1n) is 9.08. The number of anilines is 1. The molecule has 0 radical (unpaired) electrons. The lowest BCUT2D eigenvalue weighted by Crippen LogP contribution is -2.42. The van der Waals surface area contributed by atoms with Crippen molar-refractivity contribution in [2.75, 3.05) is 19.5 Å². The van der Waals surface area contributed by atoms with Crippen molar-refractivity contribution in [2.45, 2.75) is 38.6 Å².